The molecule has 2 heterocycles. The van der Waals surface area contributed by atoms with Crippen LogP contribution in [0.2, 0.25) is 0 Å². The van der Waals surface area contributed by atoms with Gasteiger partial charge in [0.05, 0.1) is 17.7 Å². The molecule has 2 aromatic rings. The van der Waals surface area contributed by atoms with Crippen molar-refractivity contribution >= 4 is 17.2 Å². The molecule has 1 N–H and O–H groups in total. The van der Waals surface area contributed by atoms with Crippen molar-refractivity contribution in [3.8, 4) is 11.5 Å². The highest BCUT2D eigenvalue weighted by Gasteiger charge is 2.36. The van der Waals surface area contributed by atoms with E-state index in [0.29, 0.717) is 39.0 Å². The van der Waals surface area contributed by atoms with E-state index in [1.54, 1.807) is 7.11 Å². The first-order valence-electron chi connectivity index (χ1n) is 9.69. The number of ether oxygens (including phenoxy) is 2. The number of aliphatic hydroxyl groups is 1. The number of nitrogens with zero attached hydrogens (tertiary/aromatic N) is 2. The van der Waals surface area contributed by atoms with E-state index in [1.807, 2.05) is 43.0 Å². The number of amides is 1. The van der Waals surface area contributed by atoms with Crippen LogP contribution >= 0.6 is 11.3 Å². The maximum absolute atomic E-state index is 12.0. The lowest BCUT2D eigenvalue weighted by Crippen LogP contribution is -2.33. The van der Waals surface area contributed by atoms with Crippen molar-refractivity contribution < 1.29 is 19.4 Å². The summed E-state index contributed by atoms with van der Waals surface area (Å²) in [6, 6.07) is 7.46. The van der Waals surface area contributed by atoms with Crippen molar-refractivity contribution in [2.75, 3.05) is 20.2 Å². The van der Waals surface area contributed by atoms with E-state index < -0.39 is 5.60 Å². The van der Waals surface area contributed by atoms with Gasteiger partial charge in [0.1, 0.15) is 28.7 Å². The topological polar surface area (TPSA) is 71.9 Å². The van der Waals surface area contributed by atoms with Gasteiger partial charge in [-0.2, -0.15) is 0 Å². The molecular formula is C21H28N2O4S. The lowest BCUT2D eigenvalue weighted by Gasteiger charge is -2.24. The Balaban J connectivity index is 1.67. The summed E-state index contributed by atoms with van der Waals surface area (Å²) in [6.07, 6.45) is 2.41. The number of hydrogen-bond donors (Lipinski definition) is 1. The van der Waals surface area contributed by atoms with Gasteiger partial charge in [0, 0.05) is 25.9 Å². The number of benzene rings is 1. The van der Waals surface area contributed by atoms with Crippen molar-refractivity contribution in [1.29, 1.82) is 0 Å². The average Bonchev–Trinajstić information content (AvgIpc) is 2.97. The second-order valence-electron chi connectivity index (χ2n) is 7.11. The Kier molecular flexibility index (Phi) is 6.57. The van der Waals surface area contributed by atoms with Gasteiger partial charge in [0.15, 0.2) is 0 Å². The molecule has 1 aromatic carbocycles. The van der Waals surface area contributed by atoms with Crippen LogP contribution in [-0.2, 0) is 17.0 Å². The van der Waals surface area contributed by atoms with Gasteiger partial charge in [-0.15, -0.1) is 11.3 Å². The van der Waals surface area contributed by atoms with E-state index in [1.165, 1.54) is 11.3 Å². The molecule has 3 rings (SSSR count). The number of likely N-dealkylation sites (tertiary alicyclic amines) is 1. The molecule has 1 fully saturated rings. The van der Waals surface area contributed by atoms with Crippen molar-refractivity contribution in [1.82, 2.24) is 9.88 Å². The summed E-state index contributed by atoms with van der Waals surface area (Å²) < 4.78 is 11.0. The monoisotopic (exact) mass is 404 g/mol. The van der Waals surface area contributed by atoms with E-state index in [0.717, 1.165) is 33.5 Å². The summed E-state index contributed by atoms with van der Waals surface area (Å²) in [7, 11) is 1.63. The zero-order valence-electron chi connectivity index (χ0n) is 16.7. The lowest BCUT2D eigenvalue weighted by molar-refractivity contribution is -0.131. The minimum Gasteiger partial charge on any atom is -0.497 e. The number of hydrogen-bond acceptors (Lipinski definition) is 6. The van der Waals surface area contributed by atoms with Gasteiger partial charge in [-0.25, -0.2) is 4.98 Å². The van der Waals surface area contributed by atoms with Crippen LogP contribution in [0.15, 0.2) is 24.3 Å². The van der Waals surface area contributed by atoms with Crippen molar-refractivity contribution in [3.05, 3.63) is 39.8 Å². The molecule has 28 heavy (non-hydrogen) atoms. The summed E-state index contributed by atoms with van der Waals surface area (Å²) >= 11 is 1.50. The standard InChI is InChI=1S/C21H28N2O4S/c1-4-19(24)23-12-5-10-21(25,11-13-23)20-22-15(2)18(28-20)14-27-17-8-6-16(26-3)7-9-17/h6-9,25H,4-5,10-14H2,1-3H3/t21-/m0/s1. The zero-order valence-corrected chi connectivity index (χ0v) is 17.6. The summed E-state index contributed by atoms with van der Waals surface area (Å²) in [6.45, 7) is 5.50. The molecule has 1 saturated heterocycles. The zero-order chi connectivity index (χ0) is 20.1. The summed E-state index contributed by atoms with van der Waals surface area (Å²) in [5.41, 5.74) is -0.0935. The molecule has 1 aliphatic rings. The van der Waals surface area contributed by atoms with Crippen LogP contribution in [0.4, 0.5) is 0 Å². The quantitative estimate of drug-likeness (QED) is 0.796. The molecule has 0 unspecified atom stereocenters. The van der Waals surface area contributed by atoms with Gasteiger partial charge >= 0.3 is 0 Å². The SMILES string of the molecule is CCC(=O)N1CCC[C@@](O)(c2nc(C)c(COc3ccc(OC)cc3)s2)CC1. The third kappa shape index (κ3) is 4.64. The molecule has 0 saturated carbocycles. The number of carbonyl (C=O) groups is 1. The predicted molar refractivity (Wildman–Crippen MR) is 109 cm³/mol. The Hall–Kier alpha value is -2.12. The Labute approximate surface area is 170 Å². The summed E-state index contributed by atoms with van der Waals surface area (Å²) in [5, 5.41) is 12.0. The molecule has 6 nitrogen and oxygen atoms in total. The van der Waals surface area contributed by atoms with E-state index in [9.17, 15) is 9.90 Å². The molecule has 0 radical (unpaired) electrons. The Morgan fingerprint density at radius 1 is 1.25 bits per heavy atom. The van der Waals surface area contributed by atoms with Crippen LogP contribution in [0.5, 0.6) is 11.5 Å². The molecule has 0 aliphatic carbocycles. The maximum atomic E-state index is 12.0. The fourth-order valence-electron chi connectivity index (χ4n) is 3.39. The molecule has 0 bridgehead atoms. The molecule has 0 spiro atoms. The van der Waals surface area contributed by atoms with Gasteiger partial charge in [-0.1, -0.05) is 6.92 Å². The molecule has 1 atom stereocenters. The van der Waals surface area contributed by atoms with E-state index in [4.69, 9.17) is 9.47 Å². The van der Waals surface area contributed by atoms with Gasteiger partial charge in [0.2, 0.25) is 5.91 Å². The van der Waals surface area contributed by atoms with E-state index in [-0.39, 0.29) is 5.91 Å². The lowest BCUT2D eigenvalue weighted by atomic mass is 9.96. The smallest absolute Gasteiger partial charge is 0.222 e. The maximum Gasteiger partial charge on any atom is 0.222 e. The van der Waals surface area contributed by atoms with Gasteiger partial charge < -0.3 is 19.5 Å². The summed E-state index contributed by atoms with van der Waals surface area (Å²) in [5.74, 6) is 1.69. The molecule has 7 heteroatoms. The number of thiazole rings is 1. The Bertz CT molecular complexity index is 805. The molecular weight excluding hydrogens is 376 g/mol. The fourth-order valence-corrected chi connectivity index (χ4v) is 4.51. The molecule has 1 aliphatic heterocycles. The predicted octanol–water partition coefficient (Wildman–Crippen LogP) is 3.65. The Morgan fingerprint density at radius 2 is 1.96 bits per heavy atom. The normalized spacial score (nSPS) is 19.9. The number of aromatic nitrogens is 1. The number of carbonyl (C=O) groups excluding carboxylic acids is 1. The minimum atomic E-state index is -0.976. The first-order valence-corrected chi connectivity index (χ1v) is 10.5. The highest BCUT2D eigenvalue weighted by atomic mass is 32.1. The number of methoxy groups -OCH3 is 1. The van der Waals surface area contributed by atoms with Crippen LogP contribution in [0.1, 0.15) is 48.2 Å². The fraction of sp³-hybridized carbons (Fsp3) is 0.524. The van der Waals surface area contributed by atoms with Crippen LogP contribution in [0, 0.1) is 6.92 Å². The van der Waals surface area contributed by atoms with E-state index in [2.05, 4.69) is 4.98 Å². The van der Waals surface area contributed by atoms with Crippen LogP contribution in [0.3, 0.4) is 0 Å². The first kappa shape index (κ1) is 20.6. The highest BCUT2D eigenvalue weighted by Crippen LogP contribution is 2.37. The second-order valence-corrected chi connectivity index (χ2v) is 8.19. The van der Waals surface area contributed by atoms with Gasteiger partial charge in [-0.3, -0.25) is 4.79 Å². The van der Waals surface area contributed by atoms with Crippen LogP contribution < -0.4 is 9.47 Å². The third-order valence-electron chi connectivity index (χ3n) is 5.19. The number of rotatable bonds is 6. The second kappa shape index (κ2) is 8.92. The summed E-state index contributed by atoms with van der Waals surface area (Å²) in [4.78, 5) is 19.5. The van der Waals surface area contributed by atoms with Gasteiger partial charge in [0.25, 0.3) is 0 Å². The minimum absolute atomic E-state index is 0.146. The molecule has 152 valence electrons. The van der Waals surface area contributed by atoms with Crippen LogP contribution in [0.25, 0.3) is 0 Å². The highest BCUT2D eigenvalue weighted by molar-refractivity contribution is 7.11. The van der Waals surface area contributed by atoms with Crippen molar-refractivity contribution in [2.24, 2.45) is 0 Å². The first-order chi connectivity index (χ1) is 13.4. The largest absolute Gasteiger partial charge is 0.497 e. The third-order valence-corrected chi connectivity index (χ3v) is 6.51. The van der Waals surface area contributed by atoms with Crippen molar-refractivity contribution in [2.45, 2.75) is 51.7 Å². The Morgan fingerprint density at radius 3 is 2.64 bits per heavy atom. The molecule has 1 aromatic heterocycles. The van der Waals surface area contributed by atoms with Crippen molar-refractivity contribution in [3.63, 3.8) is 0 Å². The molecule has 1 amide bonds. The number of aryl methyl sites for hydroxylation is 1. The van der Waals surface area contributed by atoms with Gasteiger partial charge in [-0.05, 0) is 44.0 Å². The van der Waals surface area contributed by atoms with E-state index >= 15 is 0 Å². The van der Waals surface area contributed by atoms with Crippen LogP contribution in [-0.4, -0.2) is 41.1 Å². The average molecular weight is 405 g/mol.